The quantitative estimate of drug-likeness (QED) is 0.0197. The number of aliphatic hydroxyl groups is 3. The van der Waals surface area contributed by atoms with Crippen molar-refractivity contribution in [1.29, 1.82) is 0 Å². The van der Waals surface area contributed by atoms with Gasteiger partial charge in [-0.15, -0.1) is 0 Å². The van der Waals surface area contributed by atoms with Crippen LogP contribution in [0.5, 0.6) is 0 Å². The fourth-order valence-electron chi connectivity index (χ4n) is 8.73. The minimum atomic E-state index is -5.06. The van der Waals surface area contributed by atoms with Crippen molar-refractivity contribution in [2.75, 3.05) is 26.4 Å². The second kappa shape index (κ2) is 45.0. The molecule has 12 nitrogen and oxygen atoms in total. The van der Waals surface area contributed by atoms with Gasteiger partial charge in [-0.05, 0) is 38.5 Å². The number of rotatable bonds is 49. The second-order valence-electron chi connectivity index (χ2n) is 19.2. The minimum absolute atomic E-state index is 0.0424. The summed E-state index contributed by atoms with van der Waals surface area (Å²) in [5, 5.41) is 30.8. The van der Waals surface area contributed by atoms with Crippen LogP contribution in [0.1, 0.15) is 258 Å². The number of carbonyl (C=O) groups excluding carboxylic acids is 1. The van der Waals surface area contributed by atoms with Crippen molar-refractivity contribution in [2.24, 2.45) is 0 Å². The van der Waals surface area contributed by atoms with Crippen LogP contribution in [0.4, 0.5) is 0 Å². The van der Waals surface area contributed by atoms with Crippen molar-refractivity contribution in [2.45, 2.75) is 295 Å². The molecule has 0 aliphatic carbocycles. The molecule has 13 heteroatoms. The Labute approximate surface area is 404 Å². The van der Waals surface area contributed by atoms with Crippen LogP contribution in [0.2, 0.25) is 0 Å². The van der Waals surface area contributed by atoms with Crippen LogP contribution in [0.3, 0.4) is 0 Å². The van der Waals surface area contributed by atoms with E-state index in [4.69, 9.17) is 18.9 Å². The van der Waals surface area contributed by atoms with Crippen LogP contribution >= 0.6 is 0 Å². The van der Waals surface area contributed by atoms with Crippen molar-refractivity contribution in [1.82, 2.24) is 0 Å². The monoisotopic (exact) mass is 963 g/mol. The van der Waals surface area contributed by atoms with Crippen LogP contribution in [0.15, 0.2) is 12.2 Å². The Kier molecular flexibility index (Phi) is 42.9. The average molecular weight is 963 g/mol. The first kappa shape index (κ1) is 62.9. The lowest BCUT2D eigenvalue weighted by Crippen LogP contribution is -2.60. The molecule has 1 fully saturated rings. The summed E-state index contributed by atoms with van der Waals surface area (Å²) in [4.78, 5) is 12.9. The number of ether oxygens (including phenoxy) is 4. The number of aliphatic hydroxyl groups excluding tert-OH is 3. The maximum atomic E-state index is 12.9. The fraction of sp³-hybridized carbons (Fsp3) is 0.943. The summed E-state index contributed by atoms with van der Waals surface area (Å²) in [7, 11) is -5.06. The molecule has 0 spiro atoms. The second-order valence-corrected chi connectivity index (χ2v) is 20.2. The Hall–Kier alpha value is -1.16. The van der Waals surface area contributed by atoms with Crippen molar-refractivity contribution < 1.29 is 56.2 Å². The third-order valence-corrected chi connectivity index (χ3v) is 13.4. The van der Waals surface area contributed by atoms with Gasteiger partial charge in [-0.2, -0.15) is 8.42 Å². The normalized spacial score (nSPS) is 19.5. The largest absolute Gasteiger partial charge is 0.457 e. The SMILES string of the molecule is CCCCCCCCCC/C=C\CCCCCCCCCCCCCC(=O)OC(COCCCCCCCCCCCCCCCCCC)COC1OC(CO)C(O)C(OS(=O)(=O)O)C1O. The van der Waals surface area contributed by atoms with E-state index in [1.807, 2.05) is 0 Å². The first-order valence-corrected chi connectivity index (χ1v) is 28.8. The lowest BCUT2D eigenvalue weighted by Gasteiger charge is -2.41. The Balaban J connectivity index is 2.30. The third-order valence-electron chi connectivity index (χ3n) is 12.9. The summed E-state index contributed by atoms with van der Waals surface area (Å²) in [5.74, 6) is -0.394. The molecule has 0 aromatic heterocycles. The molecular weight excluding hydrogens is 861 g/mol. The summed E-state index contributed by atoms with van der Waals surface area (Å²) in [6.07, 6.45) is 42.5. The van der Waals surface area contributed by atoms with Crippen molar-refractivity contribution in [3.05, 3.63) is 12.2 Å². The van der Waals surface area contributed by atoms with Gasteiger partial charge in [-0.25, -0.2) is 4.18 Å². The van der Waals surface area contributed by atoms with Gasteiger partial charge in [0.1, 0.15) is 30.5 Å². The van der Waals surface area contributed by atoms with E-state index in [0.29, 0.717) is 13.0 Å². The van der Waals surface area contributed by atoms with E-state index in [9.17, 15) is 33.1 Å². The van der Waals surface area contributed by atoms with E-state index in [1.54, 1.807) is 0 Å². The molecule has 1 aliphatic rings. The number of carbonyl (C=O) groups is 1. The molecule has 1 heterocycles. The van der Waals surface area contributed by atoms with Gasteiger partial charge in [0, 0.05) is 13.0 Å². The Morgan fingerprint density at radius 3 is 1.36 bits per heavy atom. The van der Waals surface area contributed by atoms with Gasteiger partial charge in [0.15, 0.2) is 6.29 Å². The molecule has 0 saturated carbocycles. The van der Waals surface area contributed by atoms with E-state index in [0.717, 1.165) is 38.5 Å². The molecular formula is C53H102O12S. The van der Waals surface area contributed by atoms with E-state index in [1.165, 1.54) is 193 Å². The van der Waals surface area contributed by atoms with Crippen molar-refractivity contribution in [3.63, 3.8) is 0 Å². The van der Waals surface area contributed by atoms with Crippen LogP contribution in [0.25, 0.3) is 0 Å². The summed E-state index contributed by atoms with van der Waals surface area (Å²) >= 11 is 0. The topological polar surface area (TPSA) is 178 Å². The summed E-state index contributed by atoms with van der Waals surface area (Å²) in [6, 6.07) is 0. The van der Waals surface area contributed by atoms with E-state index < -0.39 is 59.8 Å². The summed E-state index contributed by atoms with van der Waals surface area (Å²) in [5.41, 5.74) is 0. The number of unbranched alkanes of at least 4 members (excludes halogenated alkanes) is 34. The Morgan fingerprint density at radius 1 is 0.561 bits per heavy atom. The fourth-order valence-corrected chi connectivity index (χ4v) is 9.24. The molecule has 1 saturated heterocycles. The maximum Gasteiger partial charge on any atom is 0.397 e. The van der Waals surface area contributed by atoms with Gasteiger partial charge in [-0.3, -0.25) is 9.35 Å². The lowest BCUT2D eigenvalue weighted by molar-refractivity contribution is -0.301. The Bertz CT molecular complexity index is 1200. The van der Waals surface area contributed by atoms with Gasteiger partial charge in [0.25, 0.3) is 0 Å². The van der Waals surface area contributed by atoms with Crippen LogP contribution in [0, 0.1) is 0 Å². The molecule has 0 amide bonds. The minimum Gasteiger partial charge on any atom is -0.457 e. The molecule has 6 atom stereocenters. The molecule has 0 aromatic carbocycles. The average Bonchev–Trinajstić information content (AvgIpc) is 3.29. The first-order valence-electron chi connectivity index (χ1n) is 27.4. The standard InChI is InChI=1S/C53H102O12S/c1-3-5-7-9-11-13-15-17-19-21-22-23-24-25-26-27-28-30-32-34-36-38-40-42-49(55)63-47(46-62-53-51(57)52(65-66(58,59)60)50(56)48(44-54)64-53)45-61-43-41-39-37-35-33-31-29-20-18-16-14-12-10-8-6-4-2/h21-22,47-48,50-54,56-57H,3-20,23-46H2,1-2H3,(H,58,59,60)/b22-21-. The Morgan fingerprint density at radius 2 is 0.955 bits per heavy atom. The highest BCUT2D eigenvalue weighted by Crippen LogP contribution is 2.26. The molecule has 0 bridgehead atoms. The number of allylic oxidation sites excluding steroid dienone is 2. The molecule has 1 aliphatic heterocycles. The number of hydrogen-bond donors (Lipinski definition) is 4. The zero-order valence-corrected chi connectivity index (χ0v) is 43.1. The molecule has 392 valence electrons. The zero-order valence-electron chi connectivity index (χ0n) is 42.3. The highest BCUT2D eigenvalue weighted by Gasteiger charge is 2.48. The zero-order chi connectivity index (χ0) is 48.2. The van der Waals surface area contributed by atoms with Crippen molar-refractivity contribution >= 4 is 16.4 Å². The predicted molar refractivity (Wildman–Crippen MR) is 267 cm³/mol. The highest BCUT2D eigenvalue weighted by atomic mass is 32.3. The molecule has 0 aromatic rings. The van der Waals surface area contributed by atoms with Gasteiger partial charge < -0.3 is 34.3 Å². The highest BCUT2D eigenvalue weighted by molar-refractivity contribution is 7.80. The molecule has 6 unspecified atom stereocenters. The van der Waals surface area contributed by atoms with E-state index in [-0.39, 0.29) is 19.6 Å². The van der Waals surface area contributed by atoms with Crippen LogP contribution in [-0.4, -0.2) is 97.5 Å². The van der Waals surface area contributed by atoms with E-state index in [2.05, 4.69) is 30.2 Å². The molecule has 66 heavy (non-hydrogen) atoms. The van der Waals surface area contributed by atoms with Gasteiger partial charge in [0.2, 0.25) is 0 Å². The van der Waals surface area contributed by atoms with Crippen molar-refractivity contribution in [3.8, 4) is 0 Å². The van der Waals surface area contributed by atoms with Gasteiger partial charge in [-0.1, -0.05) is 225 Å². The first-order chi connectivity index (χ1) is 32.1. The summed E-state index contributed by atoms with van der Waals surface area (Å²) in [6.45, 7) is 4.05. The van der Waals surface area contributed by atoms with Gasteiger partial charge >= 0.3 is 16.4 Å². The van der Waals surface area contributed by atoms with Gasteiger partial charge in [0.05, 0.1) is 19.8 Å². The molecule has 4 N–H and O–H groups in total. The van der Waals surface area contributed by atoms with Crippen LogP contribution < -0.4 is 0 Å². The van der Waals surface area contributed by atoms with Crippen LogP contribution in [-0.2, 0) is 38.3 Å². The maximum absolute atomic E-state index is 12.9. The molecule has 1 rings (SSSR count). The predicted octanol–water partition coefficient (Wildman–Crippen LogP) is 13.0. The number of esters is 1. The summed E-state index contributed by atoms with van der Waals surface area (Å²) < 4.78 is 59.3. The number of hydrogen-bond acceptors (Lipinski definition) is 11. The van der Waals surface area contributed by atoms with E-state index >= 15 is 0 Å². The lowest BCUT2D eigenvalue weighted by atomic mass is 9.99. The smallest absolute Gasteiger partial charge is 0.397 e. The third kappa shape index (κ3) is 37.7. The molecule has 0 radical (unpaired) electrons.